The third-order valence-electron chi connectivity index (χ3n) is 2.19. The molecule has 0 atom stereocenters. The molecular formula is C11H16BrN. The lowest BCUT2D eigenvalue weighted by atomic mass is 10.2. The van der Waals surface area contributed by atoms with Gasteiger partial charge in [0.05, 0.1) is 0 Å². The summed E-state index contributed by atoms with van der Waals surface area (Å²) in [7, 11) is 0. The van der Waals surface area contributed by atoms with E-state index < -0.39 is 0 Å². The lowest BCUT2D eigenvalue weighted by molar-refractivity contribution is 0.296. The molecule has 0 aliphatic carbocycles. The Kier molecular flexibility index (Phi) is 4.46. The fourth-order valence-corrected chi connectivity index (χ4v) is 1.79. The van der Waals surface area contributed by atoms with Gasteiger partial charge in [0.2, 0.25) is 0 Å². The standard InChI is InChI=1S/C11H16BrN/c1-3-13(4-2)9-10-6-5-7-11(12)8-10/h5-8H,3-4,9H2,1-2H3. The average Bonchev–Trinajstić information content (AvgIpc) is 2.14. The monoisotopic (exact) mass is 241 g/mol. The molecule has 1 nitrogen and oxygen atoms in total. The summed E-state index contributed by atoms with van der Waals surface area (Å²) in [6, 6.07) is 8.50. The Morgan fingerprint density at radius 3 is 2.46 bits per heavy atom. The molecule has 0 aliphatic rings. The summed E-state index contributed by atoms with van der Waals surface area (Å²) in [5.41, 5.74) is 1.37. The Bertz CT molecular complexity index is 256. The highest BCUT2D eigenvalue weighted by Crippen LogP contribution is 2.13. The third-order valence-corrected chi connectivity index (χ3v) is 2.68. The first-order chi connectivity index (χ1) is 6.26. The molecule has 0 aromatic heterocycles. The van der Waals surface area contributed by atoms with Crippen LogP contribution in [0.4, 0.5) is 0 Å². The van der Waals surface area contributed by atoms with Crippen LogP contribution < -0.4 is 0 Å². The molecule has 0 radical (unpaired) electrons. The van der Waals surface area contributed by atoms with Crippen molar-refractivity contribution in [3.8, 4) is 0 Å². The van der Waals surface area contributed by atoms with Gasteiger partial charge < -0.3 is 0 Å². The van der Waals surface area contributed by atoms with Crippen molar-refractivity contribution in [3.05, 3.63) is 34.3 Å². The van der Waals surface area contributed by atoms with Crippen LogP contribution in [0.5, 0.6) is 0 Å². The van der Waals surface area contributed by atoms with Gasteiger partial charge in [-0.25, -0.2) is 0 Å². The van der Waals surface area contributed by atoms with E-state index in [4.69, 9.17) is 0 Å². The Morgan fingerprint density at radius 1 is 1.23 bits per heavy atom. The smallest absolute Gasteiger partial charge is 0.0233 e. The van der Waals surface area contributed by atoms with E-state index in [2.05, 4.69) is 58.9 Å². The molecular weight excluding hydrogens is 226 g/mol. The van der Waals surface area contributed by atoms with Crippen LogP contribution in [0, 0.1) is 0 Å². The molecule has 0 aliphatic heterocycles. The summed E-state index contributed by atoms with van der Waals surface area (Å²) in [5.74, 6) is 0. The molecule has 0 amide bonds. The maximum absolute atomic E-state index is 3.48. The largest absolute Gasteiger partial charge is 0.300 e. The molecule has 0 N–H and O–H groups in total. The SMILES string of the molecule is CCN(CC)Cc1cccc(Br)c1. The molecule has 0 saturated carbocycles. The normalized spacial score (nSPS) is 10.8. The summed E-state index contributed by atoms with van der Waals surface area (Å²) in [4.78, 5) is 2.40. The van der Waals surface area contributed by atoms with Gasteiger partial charge in [-0.1, -0.05) is 41.9 Å². The van der Waals surface area contributed by atoms with Crippen LogP contribution in [0.3, 0.4) is 0 Å². The summed E-state index contributed by atoms with van der Waals surface area (Å²) >= 11 is 3.48. The van der Waals surface area contributed by atoms with Crippen LogP contribution in [0.25, 0.3) is 0 Å². The van der Waals surface area contributed by atoms with Crippen molar-refractivity contribution in [1.82, 2.24) is 4.90 Å². The molecule has 0 bridgehead atoms. The van der Waals surface area contributed by atoms with Gasteiger partial charge in [0, 0.05) is 11.0 Å². The molecule has 1 rings (SSSR count). The van der Waals surface area contributed by atoms with Gasteiger partial charge in [-0.3, -0.25) is 4.90 Å². The van der Waals surface area contributed by atoms with E-state index in [1.165, 1.54) is 5.56 Å². The van der Waals surface area contributed by atoms with Crippen LogP contribution in [0.15, 0.2) is 28.7 Å². The van der Waals surface area contributed by atoms with Gasteiger partial charge in [0.15, 0.2) is 0 Å². The van der Waals surface area contributed by atoms with Crippen LogP contribution in [0.1, 0.15) is 19.4 Å². The summed E-state index contributed by atoms with van der Waals surface area (Å²) in [6.45, 7) is 7.67. The number of nitrogens with zero attached hydrogens (tertiary/aromatic N) is 1. The summed E-state index contributed by atoms with van der Waals surface area (Å²) in [6.07, 6.45) is 0. The lowest BCUT2D eigenvalue weighted by Gasteiger charge is -2.17. The maximum Gasteiger partial charge on any atom is 0.0233 e. The van der Waals surface area contributed by atoms with E-state index in [0.717, 1.165) is 24.1 Å². The predicted octanol–water partition coefficient (Wildman–Crippen LogP) is 3.29. The highest BCUT2D eigenvalue weighted by Gasteiger charge is 2.00. The van der Waals surface area contributed by atoms with Crippen molar-refractivity contribution in [2.45, 2.75) is 20.4 Å². The lowest BCUT2D eigenvalue weighted by Crippen LogP contribution is -2.21. The zero-order chi connectivity index (χ0) is 9.68. The highest BCUT2D eigenvalue weighted by molar-refractivity contribution is 9.10. The first-order valence-corrected chi connectivity index (χ1v) is 5.52. The molecule has 0 fully saturated rings. The number of hydrogen-bond donors (Lipinski definition) is 0. The van der Waals surface area contributed by atoms with Crippen molar-refractivity contribution < 1.29 is 0 Å². The second kappa shape index (κ2) is 5.40. The molecule has 13 heavy (non-hydrogen) atoms. The zero-order valence-electron chi connectivity index (χ0n) is 8.26. The molecule has 2 heteroatoms. The van der Waals surface area contributed by atoms with E-state index in [0.29, 0.717) is 0 Å². The molecule has 0 spiro atoms. The van der Waals surface area contributed by atoms with E-state index in [1.54, 1.807) is 0 Å². The molecule has 0 saturated heterocycles. The van der Waals surface area contributed by atoms with Gasteiger partial charge in [0.1, 0.15) is 0 Å². The Labute approximate surface area is 88.9 Å². The quantitative estimate of drug-likeness (QED) is 0.783. The predicted molar refractivity (Wildman–Crippen MR) is 60.8 cm³/mol. The second-order valence-electron chi connectivity index (χ2n) is 3.09. The molecule has 0 heterocycles. The number of benzene rings is 1. The van der Waals surface area contributed by atoms with Crippen LogP contribution in [-0.4, -0.2) is 18.0 Å². The van der Waals surface area contributed by atoms with E-state index in [1.807, 2.05) is 0 Å². The molecule has 1 aromatic carbocycles. The van der Waals surface area contributed by atoms with E-state index >= 15 is 0 Å². The average molecular weight is 242 g/mol. The topological polar surface area (TPSA) is 3.24 Å². The van der Waals surface area contributed by atoms with Crippen molar-refractivity contribution >= 4 is 15.9 Å². The first-order valence-electron chi connectivity index (χ1n) is 4.73. The number of halogens is 1. The Balaban J connectivity index is 2.62. The molecule has 1 aromatic rings. The maximum atomic E-state index is 3.48. The molecule has 0 unspecified atom stereocenters. The first kappa shape index (κ1) is 10.7. The van der Waals surface area contributed by atoms with Crippen molar-refractivity contribution in [2.24, 2.45) is 0 Å². The Morgan fingerprint density at radius 2 is 1.92 bits per heavy atom. The minimum atomic E-state index is 1.05. The van der Waals surface area contributed by atoms with Gasteiger partial charge in [-0.15, -0.1) is 0 Å². The van der Waals surface area contributed by atoms with Crippen molar-refractivity contribution in [1.29, 1.82) is 0 Å². The minimum Gasteiger partial charge on any atom is -0.300 e. The van der Waals surface area contributed by atoms with Gasteiger partial charge in [0.25, 0.3) is 0 Å². The highest BCUT2D eigenvalue weighted by atomic mass is 79.9. The van der Waals surface area contributed by atoms with Crippen molar-refractivity contribution in [3.63, 3.8) is 0 Å². The number of hydrogen-bond acceptors (Lipinski definition) is 1. The van der Waals surface area contributed by atoms with E-state index in [-0.39, 0.29) is 0 Å². The van der Waals surface area contributed by atoms with Gasteiger partial charge in [-0.2, -0.15) is 0 Å². The van der Waals surface area contributed by atoms with E-state index in [9.17, 15) is 0 Å². The molecule has 72 valence electrons. The Hall–Kier alpha value is -0.340. The fourth-order valence-electron chi connectivity index (χ4n) is 1.34. The zero-order valence-corrected chi connectivity index (χ0v) is 9.84. The van der Waals surface area contributed by atoms with Crippen molar-refractivity contribution in [2.75, 3.05) is 13.1 Å². The second-order valence-corrected chi connectivity index (χ2v) is 4.01. The summed E-state index contributed by atoms with van der Waals surface area (Å²) in [5, 5.41) is 0. The fraction of sp³-hybridized carbons (Fsp3) is 0.455. The third kappa shape index (κ3) is 3.49. The van der Waals surface area contributed by atoms with Crippen LogP contribution in [-0.2, 0) is 6.54 Å². The van der Waals surface area contributed by atoms with Crippen LogP contribution in [0.2, 0.25) is 0 Å². The van der Waals surface area contributed by atoms with Gasteiger partial charge >= 0.3 is 0 Å². The summed E-state index contributed by atoms with van der Waals surface area (Å²) < 4.78 is 1.16. The van der Waals surface area contributed by atoms with Crippen LogP contribution >= 0.6 is 15.9 Å². The minimum absolute atomic E-state index is 1.05. The number of rotatable bonds is 4. The van der Waals surface area contributed by atoms with Gasteiger partial charge in [-0.05, 0) is 30.8 Å².